The minimum absolute atomic E-state index is 0.0631. The molecule has 3 aromatic carbocycles. The third-order valence-electron chi connectivity index (χ3n) is 4.48. The van der Waals surface area contributed by atoms with Gasteiger partial charge in [-0.1, -0.05) is 60.1 Å². The highest BCUT2D eigenvalue weighted by Gasteiger charge is 2.17. The largest absolute Gasteiger partial charge is 0.488 e. The van der Waals surface area contributed by atoms with Crippen molar-refractivity contribution in [1.82, 2.24) is 5.32 Å². The van der Waals surface area contributed by atoms with Crippen LogP contribution in [0, 0.1) is 0 Å². The van der Waals surface area contributed by atoms with Gasteiger partial charge in [-0.2, -0.15) is 0 Å². The molecule has 0 aliphatic carbocycles. The summed E-state index contributed by atoms with van der Waals surface area (Å²) in [7, 11) is 0. The zero-order valence-electron chi connectivity index (χ0n) is 15.1. The van der Waals surface area contributed by atoms with Crippen molar-refractivity contribution >= 4 is 22.4 Å². The van der Waals surface area contributed by atoms with Crippen LogP contribution < -0.4 is 10.1 Å². The number of hydrogen-bond donors (Lipinski definition) is 2. The number of nitrogens with one attached hydrogen (secondary N) is 1. The molecule has 0 saturated heterocycles. The van der Waals surface area contributed by atoms with Gasteiger partial charge in [-0.05, 0) is 36.8 Å². The predicted molar refractivity (Wildman–Crippen MR) is 108 cm³/mol. The summed E-state index contributed by atoms with van der Waals surface area (Å²) in [5.74, 6) is 0.824. The first-order valence-corrected chi connectivity index (χ1v) is 9.11. The topological polar surface area (TPSA) is 41.5 Å². The summed E-state index contributed by atoms with van der Waals surface area (Å²) in [5.41, 5.74) is 1.67. The van der Waals surface area contributed by atoms with Crippen LogP contribution >= 0.6 is 11.6 Å². The molecule has 0 fully saturated rings. The standard InChI is InChI=1S/C22H24ClNO2/c1-22(2,15-25)24-13-19-18-9-5-3-7-16(18)11-12-21(19)26-14-17-8-4-6-10-20(17)23/h3-12,24-25H,13-15H2,1-2H3. The van der Waals surface area contributed by atoms with Crippen LogP contribution in [0.1, 0.15) is 25.0 Å². The molecule has 3 aromatic rings. The quantitative estimate of drug-likeness (QED) is 0.620. The predicted octanol–water partition coefficient (Wildman–Crippen LogP) is 4.93. The first-order valence-electron chi connectivity index (χ1n) is 8.73. The molecule has 0 unspecified atom stereocenters. The van der Waals surface area contributed by atoms with Crippen molar-refractivity contribution in [3.63, 3.8) is 0 Å². The lowest BCUT2D eigenvalue weighted by Gasteiger charge is -2.25. The summed E-state index contributed by atoms with van der Waals surface area (Å²) in [6.45, 7) is 5.03. The van der Waals surface area contributed by atoms with Crippen molar-refractivity contribution in [3.8, 4) is 5.75 Å². The van der Waals surface area contributed by atoms with E-state index in [-0.39, 0.29) is 12.1 Å². The summed E-state index contributed by atoms with van der Waals surface area (Å²) >= 11 is 6.24. The molecule has 0 heterocycles. The van der Waals surface area contributed by atoms with E-state index in [2.05, 4.69) is 23.5 Å². The molecule has 2 N–H and O–H groups in total. The summed E-state index contributed by atoms with van der Waals surface area (Å²) < 4.78 is 6.12. The summed E-state index contributed by atoms with van der Waals surface area (Å²) in [6.07, 6.45) is 0. The van der Waals surface area contributed by atoms with Crippen molar-refractivity contribution in [1.29, 1.82) is 0 Å². The van der Waals surface area contributed by atoms with Gasteiger partial charge in [0.2, 0.25) is 0 Å². The molecule has 0 saturated carbocycles. The molecule has 0 aliphatic rings. The average Bonchev–Trinajstić information content (AvgIpc) is 2.66. The van der Waals surface area contributed by atoms with Gasteiger partial charge in [0.1, 0.15) is 12.4 Å². The highest BCUT2D eigenvalue weighted by atomic mass is 35.5. The van der Waals surface area contributed by atoms with Crippen molar-refractivity contribution in [2.24, 2.45) is 0 Å². The second kappa shape index (κ2) is 8.09. The smallest absolute Gasteiger partial charge is 0.124 e. The molecule has 3 nitrogen and oxygen atoms in total. The minimum Gasteiger partial charge on any atom is -0.488 e. The van der Waals surface area contributed by atoms with E-state index in [1.54, 1.807) is 0 Å². The lowest BCUT2D eigenvalue weighted by atomic mass is 10.0. The average molecular weight is 370 g/mol. The van der Waals surface area contributed by atoms with Crippen LogP contribution in [0.5, 0.6) is 5.75 Å². The third kappa shape index (κ3) is 4.36. The van der Waals surface area contributed by atoms with Gasteiger partial charge in [0, 0.05) is 28.2 Å². The SMILES string of the molecule is CC(C)(CO)NCc1c(OCc2ccccc2Cl)ccc2ccccc12. The Morgan fingerprint density at radius 2 is 1.73 bits per heavy atom. The maximum atomic E-state index is 9.53. The maximum absolute atomic E-state index is 9.53. The first kappa shape index (κ1) is 18.7. The zero-order chi connectivity index (χ0) is 18.6. The molecule has 0 aliphatic heterocycles. The van der Waals surface area contributed by atoms with Gasteiger partial charge in [-0.25, -0.2) is 0 Å². The number of hydrogen-bond acceptors (Lipinski definition) is 3. The fraction of sp³-hybridized carbons (Fsp3) is 0.273. The zero-order valence-corrected chi connectivity index (χ0v) is 15.9. The van der Waals surface area contributed by atoms with Gasteiger partial charge in [-0.15, -0.1) is 0 Å². The number of halogens is 1. The lowest BCUT2D eigenvalue weighted by molar-refractivity contribution is 0.187. The van der Waals surface area contributed by atoms with E-state index in [9.17, 15) is 5.11 Å². The van der Waals surface area contributed by atoms with Gasteiger partial charge in [-0.3, -0.25) is 0 Å². The van der Waals surface area contributed by atoms with Crippen LogP contribution in [0.4, 0.5) is 0 Å². The van der Waals surface area contributed by atoms with Crippen LogP contribution in [-0.2, 0) is 13.2 Å². The number of aliphatic hydroxyl groups is 1. The minimum atomic E-state index is -0.364. The molecule has 0 bridgehead atoms. The summed E-state index contributed by atoms with van der Waals surface area (Å²) in [6, 6.07) is 20.0. The van der Waals surface area contributed by atoms with Gasteiger partial charge in [0.25, 0.3) is 0 Å². The van der Waals surface area contributed by atoms with Gasteiger partial charge in [0.05, 0.1) is 6.61 Å². The van der Waals surface area contributed by atoms with Crippen molar-refractivity contribution in [2.75, 3.05) is 6.61 Å². The summed E-state index contributed by atoms with van der Waals surface area (Å²) in [5, 5.41) is 15.9. The Bertz CT molecular complexity index is 892. The van der Waals surface area contributed by atoms with E-state index in [0.717, 1.165) is 27.6 Å². The van der Waals surface area contributed by atoms with Crippen molar-refractivity contribution in [2.45, 2.75) is 32.5 Å². The second-order valence-electron chi connectivity index (χ2n) is 7.04. The van der Waals surface area contributed by atoms with Gasteiger partial charge < -0.3 is 15.2 Å². The van der Waals surface area contributed by atoms with Crippen molar-refractivity contribution < 1.29 is 9.84 Å². The molecule has 0 atom stereocenters. The van der Waals surface area contributed by atoms with E-state index in [4.69, 9.17) is 16.3 Å². The normalized spacial score (nSPS) is 11.7. The Labute approximate surface area is 159 Å². The number of rotatable bonds is 7. The van der Waals surface area contributed by atoms with Crippen LogP contribution in [0.3, 0.4) is 0 Å². The van der Waals surface area contributed by atoms with Gasteiger partial charge in [0.15, 0.2) is 0 Å². The molecule has 0 aromatic heterocycles. The molecule has 3 rings (SSSR count). The monoisotopic (exact) mass is 369 g/mol. The number of fused-ring (bicyclic) bond motifs is 1. The van der Waals surface area contributed by atoms with Crippen LogP contribution in [-0.4, -0.2) is 17.3 Å². The molecule has 4 heteroatoms. The summed E-state index contributed by atoms with van der Waals surface area (Å²) in [4.78, 5) is 0. The molecular formula is C22H24ClNO2. The Morgan fingerprint density at radius 1 is 1.00 bits per heavy atom. The fourth-order valence-corrected chi connectivity index (χ4v) is 2.98. The Hall–Kier alpha value is -2.07. The highest BCUT2D eigenvalue weighted by Crippen LogP contribution is 2.30. The maximum Gasteiger partial charge on any atom is 0.124 e. The molecular weight excluding hydrogens is 346 g/mol. The molecule has 0 spiro atoms. The third-order valence-corrected chi connectivity index (χ3v) is 4.85. The van der Waals surface area contributed by atoms with E-state index >= 15 is 0 Å². The Kier molecular flexibility index (Phi) is 5.82. The first-order chi connectivity index (χ1) is 12.5. The fourth-order valence-electron chi connectivity index (χ4n) is 2.79. The molecule has 0 radical (unpaired) electrons. The molecule has 0 amide bonds. The molecule has 136 valence electrons. The van der Waals surface area contributed by atoms with Gasteiger partial charge >= 0.3 is 0 Å². The van der Waals surface area contributed by atoms with E-state index in [0.29, 0.717) is 18.2 Å². The van der Waals surface area contributed by atoms with E-state index in [1.807, 2.05) is 56.3 Å². The van der Waals surface area contributed by atoms with Crippen molar-refractivity contribution in [3.05, 3.63) is 76.8 Å². The lowest BCUT2D eigenvalue weighted by Crippen LogP contribution is -2.42. The Morgan fingerprint density at radius 3 is 2.50 bits per heavy atom. The highest BCUT2D eigenvalue weighted by molar-refractivity contribution is 6.31. The number of ether oxygens (including phenoxy) is 1. The number of benzene rings is 3. The second-order valence-corrected chi connectivity index (χ2v) is 7.45. The Balaban J connectivity index is 1.91. The molecule has 26 heavy (non-hydrogen) atoms. The van der Waals surface area contributed by atoms with E-state index < -0.39 is 0 Å². The van der Waals surface area contributed by atoms with E-state index in [1.165, 1.54) is 0 Å². The van der Waals surface area contributed by atoms with Crippen LogP contribution in [0.15, 0.2) is 60.7 Å². The van der Waals surface area contributed by atoms with Crippen LogP contribution in [0.25, 0.3) is 10.8 Å². The number of aliphatic hydroxyl groups excluding tert-OH is 1. The van der Waals surface area contributed by atoms with Crippen LogP contribution in [0.2, 0.25) is 5.02 Å².